The molecule has 0 aliphatic heterocycles. The molecule has 1 atom stereocenters. The number of nitrogens with two attached hydrogens (primary N) is 1. The number of aryl methyl sites for hydroxylation is 1. The Morgan fingerprint density at radius 2 is 2.19 bits per heavy atom. The van der Waals surface area contributed by atoms with Crippen LogP contribution in [0.2, 0.25) is 0 Å². The van der Waals surface area contributed by atoms with Gasteiger partial charge in [0.05, 0.1) is 0 Å². The number of phenols is 1. The second-order valence-corrected chi connectivity index (χ2v) is 3.61. The number of rotatable bonds is 4. The first-order valence-electron chi connectivity index (χ1n) is 4.92. The number of halogens is 2. The fourth-order valence-corrected chi connectivity index (χ4v) is 1.43. The van der Waals surface area contributed by atoms with Gasteiger partial charge >= 0.3 is 0 Å². The predicted octanol–water partition coefficient (Wildman–Crippen LogP) is 3.23. The van der Waals surface area contributed by atoms with Crippen LogP contribution in [0.25, 0.3) is 0 Å². The van der Waals surface area contributed by atoms with Crippen molar-refractivity contribution in [3.05, 3.63) is 41.7 Å². The Kier molecular flexibility index (Phi) is 6.08. The van der Waals surface area contributed by atoms with E-state index in [0.717, 1.165) is 6.42 Å². The van der Waals surface area contributed by atoms with Crippen molar-refractivity contribution < 1.29 is 9.50 Å². The zero-order valence-electron chi connectivity index (χ0n) is 9.24. The fraction of sp³-hybridized carbons (Fsp3) is 0.333. The van der Waals surface area contributed by atoms with E-state index in [2.05, 4.69) is 6.58 Å². The van der Waals surface area contributed by atoms with E-state index in [-0.39, 0.29) is 24.2 Å². The molecule has 0 aliphatic carbocycles. The van der Waals surface area contributed by atoms with E-state index < -0.39 is 5.82 Å². The van der Waals surface area contributed by atoms with Gasteiger partial charge in [-0.25, -0.2) is 4.39 Å². The minimum Gasteiger partial charge on any atom is -0.505 e. The van der Waals surface area contributed by atoms with E-state index in [0.29, 0.717) is 17.5 Å². The number of allylic oxidation sites excluding steroid dienone is 1. The van der Waals surface area contributed by atoms with Crippen LogP contribution in [-0.2, 0) is 0 Å². The van der Waals surface area contributed by atoms with Gasteiger partial charge in [-0.15, -0.1) is 19.0 Å². The molecule has 3 N–H and O–H groups in total. The first-order valence-corrected chi connectivity index (χ1v) is 4.92. The monoisotopic (exact) mass is 245 g/mol. The van der Waals surface area contributed by atoms with Crippen LogP contribution in [0.3, 0.4) is 0 Å². The molecule has 0 fully saturated rings. The van der Waals surface area contributed by atoms with Crippen LogP contribution in [0.1, 0.15) is 30.0 Å². The van der Waals surface area contributed by atoms with Crippen molar-refractivity contribution in [2.75, 3.05) is 0 Å². The summed E-state index contributed by atoms with van der Waals surface area (Å²) in [4.78, 5) is 0. The third-order valence-corrected chi connectivity index (χ3v) is 2.42. The molecule has 0 aliphatic rings. The van der Waals surface area contributed by atoms with Crippen molar-refractivity contribution in [2.24, 2.45) is 5.73 Å². The van der Waals surface area contributed by atoms with Gasteiger partial charge in [-0.2, -0.15) is 0 Å². The molecule has 0 saturated carbocycles. The Balaban J connectivity index is 0.00000225. The summed E-state index contributed by atoms with van der Waals surface area (Å²) in [6, 6.07) is 2.94. The molecule has 0 unspecified atom stereocenters. The molecule has 0 saturated heterocycles. The summed E-state index contributed by atoms with van der Waals surface area (Å²) >= 11 is 0. The summed E-state index contributed by atoms with van der Waals surface area (Å²) in [5, 5.41) is 9.57. The molecule has 1 rings (SSSR count). The van der Waals surface area contributed by atoms with E-state index in [9.17, 15) is 9.50 Å². The third kappa shape index (κ3) is 3.22. The van der Waals surface area contributed by atoms with Gasteiger partial charge in [0.2, 0.25) is 0 Å². The van der Waals surface area contributed by atoms with E-state index in [1.165, 1.54) is 0 Å². The van der Waals surface area contributed by atoms with Gasteiger partial charge in [-0.3, -0.25) is 0 Å². The maximum atomic E-state index is 13.3. The van der Waals surface area contributed by atoms with Gasteiger partial charge in [-0.05, 0) is 25.3 Å². The molecular weight excluding hydrogens is 229 g/mol. The minimum atomic E-state index is -0.582. The third-order valence-electron chi connectivity index (χ3n) is 2.42. The molecule has 2 nitrogen and oxygen atoms in total. The van der Waals surface area contributed by atoms with Crippen LogP contribution in [0, 0.1) is 12.7 Å². The number of aromatic hydroxyl groups is 1. The normalized spacial score (nSPS) is 11.7. The Hall–Kier alpha value is -1.06. The Morgan fingerprint density at radius 3 is 2.75 bits per heavy atom. The zero-order valence-corrected chi connectivity index (χ0v) is 10.1. The number of phenolic OH excluding ortho intramolecular Hbond substituents is 1. The lowest BCUT2D eigenvalue weighted by molar-refractivity contribution is 0.416. The van der Waals surface area contributed by atoms with Crippen molar-refractivity contribution >= 4 is 12.4 Å². The van der Waals surface area contributed by atoms with Crippen LogP contribution in [0.4, 0.5) is 4.39 Å². The molecule has 0 aromatic heterocycles. The van der Waals surface area contributed by atoms with Gasteiger partial charge in [0, 0.05) is 11.6 Å². The Bertz CT molecular complexity index is 368. The highest BCUT2D eigenvalue weighted by atomic mass is 35.5. The van der Waals surface area contributed by atoms with Crippen LogP contribution >= 0.6 is 12.4 Å². The minimum absolute atomic E-state index is 0. The van der Waals surface area contributed by atoms with Gasteiger partial charge < -0.3 is 10.8 Å². The average molecular weight is 246 g/mol. The fourth-order valence-electron chi connectivity index (χ4n) is 1.43. The second kappa shape index (κ2) is 6.51. The first kappa shape index (κ1) is 14.9. The SMILES string of the molecule is C=CCC[C@@H](N)c1ccc(C)c(F)c1O.Cl. The average Bonchev–Trinajstić information content (AvgIpc) is 2.23. The van der Waals surface area contributed by atoms with Crippen molar-refractivity contribution in [3.63, 3.8) is 0 Å². The van der Waals surface area contributed by atoms with E-state index in [4.69, 9.17) is 5.73 Å². The molecule has 0 spiro atoms. The molecule has 1 aromatic rings. The summed E-state index contributed by atoms with van der Waals surface area (Å²) in [7, 11) is 0. The lowest BCUT2D eigenvalue weighted by atomic mass is 10.00. The van der Waals surface area contributed by atoms with Crippen LogP contribution in [0.5, 0.6) is 5.75 Å². The van der Waals surface area contributed by atoms with E-state index in [1.807, 2.05) is 0 Å². The number of benzene rings is 1. The van der Waals surface area contributed by atoms with E-state index in [1.54, 1.807) is 25.1 Å². The lowest BCUT2D eigenvalue weighted by Crippen LogP contribution is -2.10. The molecule has 16 heavy (non-hydrogen) atoms. The van der Waals surface area contributed by atoms with Crippen LogP contribution in [0.15, 0.2) is 24.8 Å². The molecular formula is C12H17ClFNO. The highest BCUT2D eigenvalue weighted by molar-refractivity contribution is 5.85. The summed E-state index contributed by atoms with van der Waals surface area (Å²) in [5.74, 6) is -0.909. The topological polar surface area (TPSA) is 46.2 Å². The summed E-state index contributed by atoms with van der Waals surface area (Å²) < 4.78 is 13.3. The number of hydrogen-bond acceptors (Lipinski definition) is 2. The van der Waals surface area contributed by atoms with Crippen molar-refractivity contribution in [2.45, 2.75) is 25.8 Å². The van der Waals surface area contributed by atoms with Gasteiger partial charge in [0.15, 0.2) is 11.6 Å². The summed E-state index contributed by atoms with van der Waals surface area (Å²) in [6.45, 7) is 5.19. The predicted molar refractivity (Wildman–Crippen MR) is 66.4 cm³/mol. The largest absolute Gasteiger partial charge is 0.505 e. The van der Waals surface area contributed by atoms with Crippen molar-refractivity contribution in [1.29, 1.82) is 0 Å². The summed E-state index contributed by atoms with van der Waals surface area (Å²) in [5.41, 5.74) is 6.71. The van der Waals surface area contributed by atoms with Crippen LogP contribution in [-0.4, -0.2) is 5.11 Å². The number of hydrogen-bond donors (Lipinski definition) is 2. The molecule has 90 valence electrons. The quantitative estimate of drug-likeness (QED) is 0.800. The molecule has 4 heteroatoms. The van der Waals surface area contributed by atoms with Gasteiger partial charge in [0.25, 0.3) is 0 Å². The first-order chi connectivity index (χ1) is 7.07. The maximum Gasteiger partial charge on any atom is 0.168 e. The second-order valence-electron chi connectivity index (χ2n) is 3.61. The Morgan fingerprint density at radius 1 is 1.56 bits per heavy atom. The van der Waals surface area contributed by atoms with Crippen LogP contribution < -0.4 is 5.73 Å². The highest BCUT2D eigenvalue weighted by Crippen LogP contribution is 2.29. The van der Waals surface area contributed by atoms with Crippen molar-refractivity contribution in [3.8, 4) is 5.75 Å². The van der Waals surface area contributed by atoms with Crippen molar-refractivity contribution in [1.82, 2.24) is 0 Å². The standard InChI is InChI=1S/C12H16FNO.ClH/c1-3-4-5-10(14)9-7-6-8(2)11(13)12(9)15;/h3,6-7,10,15H,1,4-5,14H2,2H3;1H/t10-;/m1./s1. The molecule has 1 aromatic carbocycles. The lowest BCUT2D eigenvalue weighted by Gasteiger charge is -2.13. The van der Waals surface area contributed by atoms with E-state index >= 15 is 0 Å². The molecule has 0 amide bonds. The molecule has 0 heterocycles. The Labute approximate surface area is 101 Å². The highest BCUT2D eigenvalue weighted by Gasteiger charge is 2.14. The van der Waals surface area contributed by atoms with Gasteiger partial charge in [0.1, 0.15) is 0 Å². The smallest absolute Gasteiger partial charge is 0.168 e. The summed E-state index contributed by atoms with van der Waals surface area (Å²) in [6.07, 6.45) is 3.15. The molecule has 0 radical (unpaired) electrons. The zero-order chi connectivity index (χ0) is 11.4. The molecule has 0 bridgehead atoms. The maximum absolute atomic E-state index is 13.3. The van der Waals surface area contributed by atoms with Gasteiger partial charge in [-0.1, -0.05) is 18.2 Å².